The molecule has 1 fully saturated rings. The third-order valence-corrected chi connectivity index (χ3v) is 5.02. The number of pyridine rings is 1. The number of para-hydroxylation sites is 1. The molecule has 5 heteroatoms. The Balaban J connectivity index is 1.57. The first kappa shape index (κ1) is 19.2. The number of aliphatic imine (C=N–C) groups is 1. The summed E-state index contributed by atoms with van der Waals surface area (Å²) in [5.41, 5.74) is 3.85. The molecule has 1 aromatic heterocycles. The highest BCUT2D eigenvalue weighted by Gasteiger charge is 2.20. The van der Waals surface area contributed by atoms with E-state index in [0.29, 0.717) is 6.04 Å². The van der Waals surface area contributed by atoms with Crippen molar-refractivity contribution in [1.29, 1.82) is 0 Å². The molecular formula is C22H31N5. The molecule has 5 nitrogen and oxygen atoms in total. The molecule has 1 saturated heterocycles. The van der Waals surface area contributed by atoms with Gasteiger partial charge in [-0.15, -0.1) is 0 Å². The molecule has 1 aromatic carbocycles. The Hall–Kier alpha value is -2.56. The summed E-state index contributed by atoms with van der Waals surface area (Å²) in [4.78, 5) is 11.4. The molecule has 0 saturated carbocycles. The predicted octanol–water partition coefficient (Wildman–Crippen LogP) is 3.16. The van der Waals surface area contributed by atoms with Crippen LogP contribution in [-0.4, -0.2) is 43.2 Å². The standard InChI is InChI=1S/C22H31N5/c1-3-24-22(25-14-12-19-11-13-23-16-18(19)2)26-20-8-7-15-27(17-20)21-9-5-4-6-10-21/h4-6,9-11,13,16,20H,3,7-8,12,14-15,17H2,1-2H3,(H2,24,25,26). The number of piperidine rings is 1. The molecule has 0 aliphatic carbocycles. The van der Waals surface area contributed by atoms with Crippen LogP contribution in [0.5, 0.6) is 0 Å². The minimum absolute atomic E-state index is 0.416. The van der Waals surface area contributed by atoms with Crippen molar-refractivity contribution >= 4 is 11.6 Å². The summed E-state index contributed by atoms with van der Waals surface area (Å²) in [7, 11) is 0. The lowest BCUT2D eigenvalue weighted by Gasteiger charge is -2.35. The van der Waals surface area contributed by atoms with Crippen molar-refractivity contribution < 1.29 is 0 Å². The number of rotatable bonds is 6. The Morgan fingerprint density at radius 3 is 2.89 bits per heavy atom. The molecule has 1 aliphatic heterocycles. The van der Waals surface area contributed by atoms with E-state index >= 15 is 0 Å². The summed E-state index contributed by atoms with van der Waals surface area (Å²) in [6.07, 6.45) is 7.09. The highest BCUT2D eigenvalue weighted by molar-refractivity contribution is 5.80. The average Bonchev–Trinajstić information content (AvgIpc) is 2.70. The molecule has 2 aromatic rings. The van der Waals surface area contributed by atoms with Crippen LogP contribution in [0, 0.1) is 6.92 Å². The zero-order valence-electron chi connectivity index (χ0n) is 16.5. The smallest absolute Gasteiger partial charge is 0.191 e. The lowest BCUT2D eigenvalue weighted by molar-refractivity contribution is 0.468. The second kappa shape index (κ2) is 9.95. The maximum Gasteiger partial charge on any atom is 0.191 e. The zero-order valence-corrected chi connectivity index (χ0v) is 16.5. The van der Waals surface area contributed by atoms with Crippen LogP contribution >= 0.6 is 0 Å². The van der Waals surface area contributed by atoms with Gasteiger partial charge in [0.25, 0.3) is 0 Å². The van der Waals surface area contributed by atoms with E-state index in [-0.39, 0.29) is 0 Å². The van der Waals surface area contributed by atoms with Crippen LogP contribution in [0.15, 0.2) is 53.8 Å². The molecule has 0 spiro atoms. The normalized spacial score (nSPS) is 17.6. The van der Waals surface area contributed by atoms with Crippen LogP contribution in [0.1, 0.15) is 30.9 Å². The first-order chi connectivity index (χ1) is 13.3. The van der Waals surface area contributed by atoms with Gasteiger partial charge in [0, 0.05) is 50.3 Å². The SMILES string of the molecule is CCNC(=NCCc1ccncc1C)NC1CCCN(c2ccccc2)C1. The van der Waals surface area contributed by atoms with E-state index in [4.69, 9.17) is 4.99 Å². The second-order valence-corrected chi connectivity index (χ2v) is 7.08. The van der Waals surface area contributed by atoms with Crippen molar-refractivity contribution in [2.45, 2.75) is 39.2 Å². The molecule has 3 rings (SSSR count). The van der Waals surface area contributed by atoms with E-state index in [1.54, 1.807) is 0 Å². The topological polar surface area (TPSA) is 52.6 Å². The van der Waals surface area contributed by atoms with E-state index < -0.39 is 0 Å². The van der Waals surface area contributed by atoms with Crippen LogP contribution in [0.3, 0.4) is 0 Å². The molecule has 2 heterocycles. The first-order valence-corrected chi connectivity index (χ1v) is 10.0. The Bertz CT molecular complexity index is 728. The van der Waals surface area contributed by atoms with Crippen molar-refractivity contribution in [2.24, 2.45) is 4.99 Å². The summed E-state index contributed by atoms with van der Waals surface area (Å²) in [5.74, 6) is 0.920. The summed E-state index contributed by atoms with van der Waals surface area (Å²) in [6.45, 7) is 8.00. The average molecular weight is 366 g/mol. The van der Waals surface area contributed by atoms with Gasteiger partial charge in [-0.2, -0.15) is 0 Å². The summed E-state index contributed by atoms with van der Waals surface area (Å²) in [5, 5.41) is 7.04. The van der Waals surface area contributed by atoms with Gasteiger partial charge >= 0.3 is 0 Å². The van der Waals surface area contributed by atoms with Crippen LogP contribution in [0.2, 0.25) is 0 Å². The van der Waals surface area contributed by atoms with Gasteiger partial charge in [-0.25, -0.2) is 0 Å². The zero-order chi connectivity index (χ0) is 18.9. The molecule has 2 N–H and O–H groups in total. The van der Waals surface area contributed by atoms with Gasteiger partial charge in [0.1, 0.15) is 0 Å². The van der Waals surface area contributed by atoms with E-state index in [1.165, 1.54) is 29.7 Å². The van der Waals surface area contributed by atoms with Crippen molar-refractivity contribution in [3.05, 3.63) is 59.9 Å². The van der Waals surface area contributed by atoms with E-state index in [1.807, 2.05) is 12.4 Å². The lowest BCUT2D eigenvalue weighted by atomic mass is 10.0. The fourth-order valence-electron chi connectivity index (χ4n) is 3.55. The van der Waals surface area contributed by atoms with Crippen molar-refractivity contribution in [3.8, 4) is 0 Å². The number of nitrogens with zero attached hydrogens (tertiary/aromatic N) is 3. The molecule has 1 aliphatic rings. The minimum Gasteiger partial charge on any atom is -0.369 e. The Morgan fingerprint density at radius 1 is 1.26 bits per heavy atom. The van der Waals surface area contributed by atoms with Gasteiger partial charge in [0.2, 0.25) is 0 Å². The molecule has 144 valence electrons. The molecular weight excluding hydrogens is 334 g/mol. The van der Waals surface area contributed by atoms with E-state index in [2.05, 4.69) is 70.8 Å². The number of aryl methyl sites for hydroxylation is 1. The van der Waals surface area contributed by atoms with E-state index in [9.17, 15) is 0 Å². The monoisotopic (exact) mass is 365 g/mol. The number of hydrogen-bond donors (Lipinski definition) is 2. The largest absolute Gasteiger partial charge is 0.369 e. The van der Waals surface area contributed by atoms with Crippen LogP contribution in [0.25, 0.3) is 0 Å². The second-order valence-electron chi connectivity index (χ2n) is 7.08. The quantitative estimate of drug-likeness (QED) is 0.610. The first-order valence-electron chi connectivity index (χ1n) is 10.0. The Morgan fingerprint density at radius 2 is 2.11 bits per heavy atom. The lowest BCUT2D eigenvalue weighted by Crippen LogP contribution is -2.51. The highest BCUT2D eigenvalue weighted by Crippen LogP contribution is 2.19. The van der Waals surface area contributed by atoms with Crippen LogP contribution in [0.4, 0.5) is 5.69 Å². The van der Waals surface area contributed by atoms with Crippen molar-refractivity contribution in [3.63, 3.8) is 0 Å². The van der Waals surface area contributed by atoms with Gasteiger partial charge in [-0.05, 0) is 62.4 Å². The third-order valence-electron chi connectivity index (χ3n) is 5.02. The minimum atomic E-state index is 0.416. The number of guanidine groups is 1. The Kier molecular flexibility index (Phi) is 7.08. The molecule has 0 bridgehead atoms. The molecule has 0 radical (unpaired) electrons. The Labute approximate surface area is 162 Å². The van der Waals surface area contributed by atoms with Crippen molar-refractivity contribution in [2.75, 3.05) is 31.1 Å². The number of aromatic nitrogens is 1. The van der Waals surface area contributed by atoms with Crippen LogP contribution < -0.4 is 15.5 Å². The summed E-state index contributed by atoms with van der Waals surface area (Å²) >= 11 is 0. The van der Waals surface area contributed by atoms with Crippen LogP contribution in [-0.2, 0) is 6.42 Å². The number of hydrogen-bond acceptors (Lipinski definition) is 3. The van der Waals surface area contributed by atoms with Gasteiger partial charge in [0.05, 0.1) is 0 Å². The predicted molar refractivity (Wildman–Crippen MR) is 113 cm³/mol. The molecule has 0 amide bonds. The maximum atomic E-state index is 4.80. The maximum absolute atomic E-state index is 4.80. The number of nitrogens with one attached hydrogen (secondary N) is 2. The third kappa shape index (κ3) is 5.71. The summed E-state index contributed by atoms with van der Waals surface area (Å²) in [6, 6.07) is 13.2. The number of anilines is 1. The van der Waals surface area contributed by atoms with E-state index in [0.717, 1.165) is 38.6 Å². The fourth-order valence-corrected chi connectivity index (χ4v) is 3.55. The van der Waals surface area contributed by atoms with Gasteiger partial charge in [-0.3, -0.25) is 9.98 Å². The molecule has 1 unspecified atom stereocenters. The highest BCUT2D eigenvalue weighted by atomic mass is 15.2. The van der Waals surface area contributed by atoms with Gasteiger partial charge in [-0.1, -0.05) is 18.2 Å². The fraction of sp³-hybridized carbons (Fsp3) is 0.455. The van der Waals surface area contributed by atoms with Gasteiger partial charge < -0.3 is 15.5 Å². The molecule has 27 heavy (non-hydrogen) atoms. The number of benzene rings is 1. The summed E-state index contributed by atoms with van der Waals surface area (Å²) < 4.78 is 0. The molecule has 1 atom stereocenters. The van der Waals surface area contributed by atoms with Crippen molar-refractivity contribution in [1.82, 2.24) is 15.6 Å². The van der Waals surface area contributed by atoms with Gasteiger partial charge in [0.15, 0.2) is 5.96 Å².